The highest BCUT2D eigenvalue weighted by atomic mass is 32.1. The number of carbonyl (C=O) groups is 1. The van der Waals surface area contributed by atoms with Gasteiger partial charge in [0.2, 0.25) is 5.91 Å². The van der Waals surface area contributed by atoms with Gasteiger partial charge in [0, 0.05) is 17.0 Å². The molecule has 0 aliphatic rings. The van der Waals surface area contributed by atoms with Crippen LogP contribution in [0.4, 0.5) is 5.82 Å². The second-order valence-electron chi connectivity index (χ2n) is 3.16. The fourth-order valence-electron chi connectivity index (χ4n) is 1.14. The molecule has 4 nitrogen and oxygen atoms in total. The van der Waals surface area contributed by atoms with Crippen molar-refractivity contribution in [1.29, 1.82) is 0 Å². The average molecular weight is 234 g/mol. The zero-order valence-electron chi connectivity index (χ0n) is 8.64. The normalized spacial score (nSPS) is 10.8. The van der Waals surface area contributed by atoms with Crippen molar-refractivity contribution >= 4 is 29.1 Å². The Kier molecular flexibility index (Phi) is 3.16. The van der Waals surface area contributed by atoms with Crippen LogP contribution in [0.5, 0.6) is 0 Å². The van der Waals surface area contributed by atoms with Gasteiger partial charge < -0.3 is 9.84 Å². The van der Waals surface area contributed by atoms with Crippen molar-refractivity contribution in [3.8, 4) is 0 Å². The van der Waals surface area contributed by atoms with Crippen molar-refractivity contribution in [3.05, 3.63) is 40.3 Å². The lowest BCUT2D eigenvalue weighted by Gasteiger charge is -1.93. The van der Waals surface area contributed by atoms with Crippen molar-refractivity contribution < 1.29 is 9.32 Å². The molecule has 0 bridgehead atoms. The van der Waals surface area contributed by atoms with Gasteiger partial charge in [-0.25, -0.2) is 0 Å². The van der Waals surface area contributed by atoms with Crippen molar-refractivity contribution in [2.75, 3.05) is 5.32 Å². The summed E-state index contributed by atoms with van der Waals surface area (Å²) in [4.78, 5) is 12.5. The van der Waals surface area contributed by atoms with Crippen LogP contribution < -0.4 is 5.32 Å². The molecule has 2 aromatic heterocycles. The Balaban J connectivity index is 1.94. The fourth-order valence-corrected chi connectivity index (χ4v) is 1.76. The van der Waals surface area contributed by atoms with Crippen LogP contribution in [-0.2, 0) is 4.79 Å². The van der Waals surface area contributed by atoms with E-state index in [-0.39, 0.29) is 5.91 Å². The number of nitrogens with zero attached hydrogens (tertiary/aromatic N) is 1. The largest absolute Gasteiger partial charge is 0.360 e. The Labute approximate surface area is 96.6 Å². The predicted octanol–water partition coefficient (Wildman–Crippen LogP) is 2.70. The first kappa shape index (κ1) is 10.6. The number of anilines is 1. The van der Waals surface area contributed by atoms with Crippen LogP contribution in [0, 0.1) is 6.92 Å². The van der Waals surface area contributed by atoms with E-state index in [2.05, 4.69) is 10.5 Å². The summed E-state index contributed by atoms with van der Waals surface area (Å²) in [7, 11) is 0. The van der Waals surface area contributed by atoms with Gasteiger partial charge in [-0.1, -0.05) is 11.2 Å². The Morgan fingerprint density at radius 1 is 1.62 bits per heavy atom. The zero-order chi connectivity index (χ0) is 11.4. The summed E-state index contributed by atoms with van der Waals surface area (Å²) in [5, 5.41) is 8.22. The van der Waals surface area contributed by atoms with Gasteiger partial charge in [0.05, 0.1) is 0 Å². The molecule has 0 spiro atoms. The third-order valence-electron chi connectivity index (χ3n) is 1.82. The van der Waals surface area contributed by atoms with Gasteiger partial charge in [-0.2, -0.15) is 0 Å². The maximum atomic E-state index is 11.4. The van der Waals surface area contributed by atoms with Crippen molar-refractivity contribution in [2.24, 2.45) is 0 Å². The predicted molar refractivity (Wildman–Crippen MR) is 63.2 cm³/mol. The van der Waals surface area contributed by atoms with E-state index < -0.39 is 0 Å². The first-order valence-corrected chi connectivity index (χ1v) is 5.58. The lowest BCUT2D eigenvalue weighted by Crippen LogP contribution is -2.07. The molecule has 1 amide bonds. The minimum atomic E-state index is -0.221. The number of nitrogens with one attached hydrogen (secondary N) is 1. The standard InChI is InChI=1S/C11H10N2O2S/c1-8-7-10(13-15-8)12-11(14)5-4-9-3-2-6-16-9/h2-7H,1H3,(H,12,13,14)/b5-4+. The van der Waals surface area contributed by atoms with E-state index in [1.165, 1.54) is 6.08 Å². The van der Waals surface area contributed by atoms with Crippen molar-refractivity contribution in [2.45, 2.75) is 6.92 Å². The van der Waals surface area contributed by atoms with E-state index in [0.717, 1.165) is 4.88 Å². The van der Waals surface area contributed by atoms with Gasteiger partial charge in [0.1, 0.15) is 5.76 Å². The number of rotatable bonds is 3. The lowest BCUT2D eigenvalue weighted by molar-refractivity contribution is -0.111. The van der Waals surface area contributed by atoms with Gasteiger partial charge in [-0.05, 0) is 24.4 Å². The Hall–Kier alpha value is -1.88. The number of hydrogen-bond donors (Lipinski definition) is 1. The highest BCUT2D eigenvalue weighted by Crippen LogP contribution is 2.11. The highest BCUT2D eigenvalue weighted by Gasteiger charge is 2.02. The van der Waals surface area contributed by atoms with Crippen LogP contribution in [0.2, 0.25) is 0 Å². The summed E-state index contributed by atoms with van der Waals surface area (Å²) in [5.41, 5.74) is 0. The molecule has 2 heterocycles. The summed E-state index contributed by atoms with van der Waals surface area (Å²) < 4.78 is 4.83. The average Bonchev–Trinajstić information content (AvgIpc) is 2.87. The number of thiophene rings is 1. The number of carbonyl (C=O) groups excluding carboxylic acids is 1. The zero-order valence-corrected chi connectivity index (χ0v) is 9.45. The molecular formula is C11H10N2O2S. The van der Waals surface area contributed by atoms with E-state index in [1.807, 2.05) is 17.5 Å². The number of hydrogen-bond acceptors (Lipinski definition) is 4. The number of amides is 1. The van der Waals surface area contributed by atoms with Gasteiger partial charge in [-0.15, -0.1) is 11.3 Å². The quantitative estimate of drug-likeness (QED) is 0.831. The lowest BCUT2D eigenvalue weighted by atomic mass is 10.4. The van der Waals surface area contributed by atoms with Gasteiger partial charge in [0.25, 0.3) is 0 Å². The van der Waals surface area contributed by atoms with Crippen LogP contribution in [0.3, 0.4) is 0 Å². The fraction of sp³-hybridized carbons (Fsp3) is 0.0909. The molecule has 0 unspecified atom stereocenters. The molecule has 0 aromatic carbocycles. The summed E-state index contributed by atoms with van der Waals surface area (Å²) in [5.74, 6) is 0.873. The molecule has 0 radical (unpaired) electrons. The van der Waals surface area contributed by atoms with Crippen LogP contribution in [0.1, 0.15) is 10.6 Å². The SMILES string of the molecule is Cc1cc(NC(=O)/C=C/c2cccs2)no1. The third-order valence-corrected chi connectivity index (χ3v) is 2.66. The molecule has 82 valence electrons. The van der Waals surface area contributed by atoms with Gasteiger partial charge in [-0.3, -0.25) is 4.79 Å². The topological polar surface area (TPSA) is 55.1 Å². The summed E-state index contributed by atoms with van der Waals surface area (Å²) in [6.45, 7) is 1.77. The van der Waals surface area contributed by atoms with Crippen molar-refractivity contribution in [1.82, 2.24) is 5.16 Å². The molecule has 0 saturated heterocycles. The van der Waals surface area contributed by atoms with Gasteiger partial charge >= 0.3 is 0 Å². The molecule has 5 heteroatoms. The van der Waals surface area contributed by atoms with Crippen molar-refractivity contribution in [3.63, 3.8) is 0 Å². The molecular weight excluding hydrogens is 224 g/mol. The third kappa shape index (κ3) is 2.80. The monoisotopic (exact) mass is 234 g/mol. The smallest absolute Gasteiger partial charge is 0.249 e. The Bertz CT molecular complexity index is 500. The molecule has 0 aliphatic carbocycles. The van der Waals surface area contributed by atoms with E-state index in [0.29, 0.717) is 11.6 Å². The maximum Gasteiger partial charge on any atom is 0.249 e. The molecule has 1 N–H and O–H groups in total. The number of aryl methyl sites for hydroxylation is 1. The van der Waals surface area contributed by atoms with Crippen LogP contribution in [0.15, 0.2) is 34.2 Å². The highest BCUT2D eigenvalue weighted by molar-refractivity contribution is 7.10. The molecule has 2 rings (SSSR count). The second-order valence-corrected chi connectivity index (χ2v) is 4.14. The molecule has 0 fully saturated rings. The van der Waals surface area contributed by atoms with E-state index >= 15 is 0 Å². The van der Waals surface area contributed by atoms with E-state index in [1.54, 1.807) is 30.4 Å². The Morgan fingerprint density at radius 2 is 2.50 bits per heavy atom. The van der Waals surface area contributed by atoms with E-state index in [4.69, 9.17) is 4.52 Å². The van der Waals surface area contributed by atoms with Gasteiger partial charge in [0.15, 0.2) is 5.82 Å². The Morgan fingerprint density at radius 3 is 3.12 bits per heavy atom. The molecule has 0 saturated carbocycles. The molecule has 2 aromatic rings. The van der Waals surface area contributed by atoms with Crippen LogP contribution >= 0.6 is 11.3 Å². The molecule has 16 heavy (non-hydrogen) atoms. The van der Waals surface area contributed by atoms with Crippen LogP contribution in [-0.4, -0.2) is 11.1 Å². The first-order chi connectivity index (χ1) is 7.74. The minimum absolute atomic E-state index is 0.221. The first-order valence-electron chi connectivity index (χ1n) is 4.70. The minimum Gasteiger partial charge on any atom is -0.360 e. The summed E-state index contributed by atoms with van der Waals surface area (Å²) in [6, 6.07) is 5.54. The molecule has 0 atom stereocenters. The summed E-state index contributed by atoms with van der Waals surface area (Å²) in [6.07, 6.45) is 3.22. The van der Waals surface area contributed by atoms with Crippen LogP contribution in [0.25, 0.3) is 6.08 Å². The summed E-state index contributed by atoms with van der Waals surface area (Å²) >= 11 is 1.57. The second kappa shape index (κ2) is 4.76. The number of aromatic nitrogens is 1. The maximum absolute atomic E-state index is 11.4. The van der Waals surface area contributed by atoms with E-state index in [9.17, 15) is 4.79 Å². The molecule has 0 aliphatic heterocycles.